The average Bonchev–Trinajstić information content (AvgIpc) is 2.97. The van der Waals surface area contributed by atoms with Crippen LogP contribution in [0.25, 0.3) is 21.9 Å². The lowest BCUT2D eigenvalue weighted by Gasteiger charge is -2.11. The topological polar surface area (TPSA) is 104 Å². The highest BCUT2D eigenvalue weighted by atomic mass is 16.5. The average molecular weight is 347 g/mol. The molecule has 0 bridgehead atoms. The quantitative estimate of drug-likeness (QED) is 0.486. The number of carbonyl (C=O) groups is 1. The van der Waals surface area contributed by atoms with Crippen molar-refractivity contribution >= 4 is 44.9 Å². The van der Waals surface area contributed by atoms with Gasteiger partial charge in [-0.1, -0.05) is 18.2 Å². The monoisotopic (exact) mass is 347 g/mol. The third kappa shape index (κ3) is 2.67. The molecular weight excluding hydrogens is 330 g/mol. The van der Waals surface area contributed by atoms with E-state index < -0.39 is 0 Å². The first-order valence-corrected chi connectivity index (χ1v) is 8.02. The Hall–Kier alpha value is -3.67. The summed E-state index contributed by atoms with van der Waals surface area (Å²) in [6.45, 7) is 0. The van der Waals surface area contributed by atoms with Crippen LogP contribution in [0.15, 0.2) is 59.0 Å². The van der Waals surface area contributed by atoms with E-state index in [9.17, 15) is 4.79 Å². The molecule has 26 heavy (non-hydrogen) atoms. The molecule has 0 unspecified atom stereocenters. The molecule has 0 saturated carbocycles. The molecule has 6 heteroatoms. The van der Waals surface area contributed by atoms with Crippen LogP contribution in [0.2, 0.25) is 0 Å². The molecule has 130 valence electrons. The second-order valence-electron chi connectivity index (χ2n) is 5.99. The van der Waals surface area contributed by atoms with Crippen LogP contribution in [0.3, 0.4) is 0 Å². The number of carbonyl (C=O) groups excluding carboxylic acids is 1. The van der Waals surface area contributed by atoms with Crippen molar-refractivity contribution in [3.8, 4) is 5.75 Å². The summed E-state index contributed by atoms with van der Waals surface area (Å²) in [6.07, 6.45) is 0. The van der Waals surface area contributed by atoms with E-state index in [1.165, 1.54) is 0 Å². The van der Waals surface area contributed by atoms with Crippen LogP contribution in [-0.2, 0) is 0 Å². The zero-order chi connectivity index (χ0) is 18.3. The molecule has 0 radical (unpaired) electrons. The molecule has 0 fully saturated rings. The Bertz CT molecular complexity index is 1130. The molecule has 1 amide bonds. The number of rotatable bonds is 3. The summed E-state index contributed by atoms with van der Waals surface area (Å²) in [5.41, 5.74) is 14.7. The van der Waals surface area contributed by atoms with Gasteiger partial charge in [0.2, 0.25) is 0 Å². The van der Waals surface area contributed by atoms with Crippen LogP contribution >= 0.6 is 0 Å². The summed E-state index contributed by atoms with van der Waals surface area (Å²) in [5, 5.41) is 4.74. The molecule has 1 heterocycles. The maximum Gasteiger partial charge on any atom is 0.255 e. The highest BCUT2D eigenvalue weighted by Crippen LogP contribution is 2.36. The first-order chi connectivity index (χ1) is 12.5. The fraction of sp³-hybridized carbons (Fsp3) is 0.0500. The van der Waals surface area contributed by atoms with Gasteiger partial charge in [0.1, 0.15) is 16.9 Å². The molecule has 3 aromatic carbocycles. The van der Waals surface area contributed by atoms with E-state index in [2.05, 4.69) is 5.32 Å². The van der Waals surface area contributed by atoms with Crippen molar-refractivity contribution in [1.82, 2.24) is 0 Å². The number of hydrogen-bond acceptors (Lipinski definition) is 5. The third-order valence-corrected chi connectivity index (χ3v) is 4.19. The number of amides is 1. The van der Waals surface area contributed by atoms with Crippen molar-refractivity contribution in [2.24, 2.45) is 0 Å². The van der Waals surface area contributed by atoms with E-state index in [0.717, 1.165) is 16.4 Å². The number of anilines is 3. The summed E-state index contributed by atoms with van der Waals surface area (Å²) < 4.78 is 11.3. The van der Waals surface area contributed by atoms with E-state index in [4.69, 9.17) is 20.6 Å². The molecular formula is C20H17N3O3. The van der Waals surface area contributed by atoms with Crippen molar-refractivity contribution < 1.29 is 13.9 Å². The van der Waals surface area contributed by atoms with Crippen LogP contribution in [0.4, 0.5) is 17.1 Å². The van der Waals surface area contributed by atoms with Crippen molar-refractivity contribution in [2.45, 2.75) is 0 Å². The number of ether oxygens (including phenoxy) is 1. The van der Waals surface area contributed by atoms with E-state index in [0.29, 0.717) is 34.0 Å². The minimum atomic E-state index is -0.335. The van der Waals surface area contributed by atoms with Gasteiger partial charge in [-0.05, 0) is 30.3 Å². The summed E-state index contributed by atoms with van der Waals surface area (Å²) in [7, 11) is 1.55. The van der Waals surface area contributed by atoms with Gasteiger partial charge in [-0.15, -0.1) is 0 Å². The molecule has 6 nitrogen and oxygen atoms in total. The van der Waals surface area contributed by atoms with Gasteiger partial charge < -0.3 is 25.9 Å². The molecule has 0 aliphatic carbocycles. The SMILES string of the molecule is COc1cc2c(cc1NC(=O)c1cc(N)cc(N)c1)oc1ccccc12. The summed E-state index contributed by atoms with van der Waals surface area (Å²) >= 11 is 0. The van der Waals surface area contributed by atoms with Gasteiger partial charge in [0.05, 0.1) is 12.8 Å². The minimum absolute atomic E-state index is 0.335. The molecule has 4 aromatic rings. The third-order valence-electron chi connectivity index (χ3n) is 4.19. The Labute approximate surface area is 149 Å². The fourth-order valence-electron chi connectivity index (χ4n) is 3.02. The number of hydrogen-bond donors (Lipinski definition) is 3. The normalized spacial score (nSPS) is 11.0. The number of furan rings is 1. The number of benzene rings is 3. The molecule has 0 aliphatic heterocycles. The van der Waals surface area contributed by atoms with Crippen LogP contribution in [0, 0.1) is 0 Å². The van der Waals surface area contributed by atoms with Gasteiger partial charge >= 0.3 is 0 Å². The molecule has 0 atom stereocenters. The van der Waals surface area contributed by atoms with Crippen molar-refractivity contribution in [3.63, 3.8) is 0 Å². The molecule has 5 N–H and O–H groups in total. The number of nitrogen functional groups attached to an aromatic ring is 2. The lowest BCUT2D eigenvalue weighted by Crippen LogP contribution is -2.13. The predicted octanol–water partition coefficient (Wildman–Crippen LogP) is 4.01. The van der Waals surface area contributed by atoms with Crippen molar-refractivity contribution in [3.05, 3.63) is 60.2 Å². The molecule has 0 spiro atoms. The number of para-hydroxylation sites is 1. The van der Waals surface area contributed by atoms with Crippen LogP contribution in [0.5, 0.6) is 5.75 Å². The zero-order valence-electron chi connectivity index (χ0n) is 14.1. The predicted molar refractivity (Wildman–Crippen MR) is 103 cm³/mol. The van der Waals surface area contributed by atoms with E-state index in [-0.39, 0.29) is 5.91 Å². The van der Waals surface area contributed by atoms with E-state index in [1.54, 1.807) is 31.4 Å². The lowest BCUT2D eigenvalue weighted by atomic mass is 10.1. The number of methoxy groups -OCH3 is 1. The Balaban J connectivity index is 1.77. The highest BCUT2D eigenvalue weighted by molar-refractivity contribution is 6.10. The number of nitrogens with two attached hydrogens (primary N) is 2. The van der Waals surface area contributed by atoms with Crippen molar-refractivity contribution in [1.29, 1.82) is 0 Å². The van der Waals surface area contributed by atoms with Crippen LogP contribution in [-0.4, -0.2) is 13.0 Å². The molecule has 0 saturated heterocycles. The van der Waals surface area contributed by atoms with Crippen LogP contribution in [0.1, 0.15) is 10.4 Å². The van der Waals surface area contributed by atoms with Gasteiger partial charge in [-0.25, -0.2) is 0 Å². The summed E-state index contributed by atoms with van der Waals surface area (Å²) in [6, 6.07) is 16.1. The summed E-state index contributed by atoms with van der Waals surface area (Å²) in [5.74, 6) is 0.201. The minimum Gasteiger partial charge on any atom is -0.495 e. The Morgan fingerprint density at radius 1 is 0.962 bits per heavy atom. The van der Waals surface area contributed by atoms with Crippen molar-refractivity contribution in [2.75, 3.05) is 23.9 Å². The number of nitrogens with one attached hydrogen (secondary N) is 1. The molecule has 0 aliphatic rings. The van der Waals surface area contributed by atoms with E-state index in [1.807, 2.05) is 30.3 Å². The number of fused-ring (bicyclic) bond motifs is 3. The molecule has 4 rings (SSSR count). The Morgan fingerprint density at radius 3 is 2.42 bits per heavy atom. The maximum atomic E-state index is 12.6. The maximum absolute atomic E-state index is 12.6. The molecule has 1 aromatic heterocycles. The largest absolute Gasteiger partial charge is 0.495 e. The Morgan fingerprint density at radius 2 is 1.69 bits per heavy atom. The van der Waals surface area contributed by atoms with Gasteiger partial charge in [0, 0.05) is 33.8 Å². The second-order valence-corrected chi connectivity index (χ2v) is 5.99. The standard InChI is InChI=1S/C20H17N3O3/c1-25-19-9-15-14-4-2-3-5-17(14)26-18(15)10-16(19)23-20(24)11-6-12(21)8-13(22)7-11/h2-10H,21-22H2,1H3,(H,23,24). The highest BCUT2D eigenvalue weighted by Gasteiger charge is 2.15. The summed E-state index contributed by atoms with van der Waals surface area (Å²) in [4.78, 5) is 12.6. The zero-order valence-corrected chi connectivity index (χ0v) is 14.1. The lowest BCUT2D eigenvalue weighted by molar-refractivity contribution is 0.102. The van der Waals surface area contributed by atoms with Gasteiger partial charge in [-0.2, -0.15) is 0 Å². The van der Waals surface area contributed by atoms with Crippen LogP contribution < -0.4 is 21.5 Å². The van der Waals surface area contributed by atoms with Gasteiger partial charge in [-0.3, -0.25) is 4.79 Å². The smallest absolute Gasteiger partial charge is 0.255 e. The van der Waals surface area contributed by atoms with E-state index >= 15 is 0 Å². The van der Waals surface area contributed by atoms with Gasteiger partial charge in [0.15, 0.2) is 0 Å². The fourth-order valence-corrected chi connectivity index (χ4v) is 3.02. The van der Waals surface area contributed by atoms with Gasteiger partial charge in [0.25, 0.3) is 5.91 Å². The second kappa shape index (κ2) is 6.00. The first-order valence-electron chi connectivity index (χ1n) is 8.02. The first kappa shape index (κ1) is 15.8. The Kier molecular flexibility index (Phi) is 3.65.